The highest BCUT2D eigenvalue weighted by atomic mass is 16.4. The minimum Gasteiger partial charge on any atom is -0.498 e. The molecule has 112 valence electrons. The Morgan fingerprint density at radius 3 is 1.00 bits per heavy atom. The Balaban J connectivity index is 4.16. The number of rotatable bonds is 14. The predicted molar refractivity (Wildman–Crippen MR) is 91.5 cm³/mol. The largest absolute Gasteiger partial charge is 0.498 e. The van der Waals surface area contributed by atoms with Crippen LogP contribution in [0.1, 0.15) is 79.1 Å². The Hall–Kier alpha value is 0.0899. The predicted octanol–water partition coefficient (Wildman–Crippen LogP) is 6.19. The van der Waals surface area contributed by atoms with Crippen molar-refractivity contribution in [2.45, 2.75) is 104 Å². The maximum Gasteiger partial charge on any atom is 0.276 e. The van der Waals surface area contributed by atoms with Crippen molar-refractivity contribution < 1.29 is 4.57 Å². The van der Waals surface area contributed by atoms with Gasteiger partial charge in [0.25, 0.3) is 13.8 Å². The summed E-state index contributed by atoms with van der Waals surface area (Å²) in [6.45, 7) is 10.2. The van der Waals surface area contributed by atoms with Gasteiger partial charge in [-0.05, 0) is 25.3 Å². The molecular formula is C16H36B2O. The molecule has 1 nitrogen and oxygen atoms in total. The molecule has 0 radical (unpaired) electrons. The van der Waals surface area contributed by atoms with E-state index in [1.807, 2.05) is 0 Å². The zero-order valence-electron chi connectivity index (χ0n) is 14.0. The van der Waals surface area contributed by atoms with Crippen LogP contribution in [0.15, 0.2) is 0 Å². The lowest BCUT2D eigenvalue weighted by atomic mass is 9.51. The summed E-state index contributed by atoms with van der Waals surface area (Å²) < 4.78 is 6.46. The van der Waals surface area contributed by atoms with Gasteiger partial charge in [0.15, 0.2) is 0 Å². The molecule has 0 aliphatic carbocycles. The lowest BCUT2D eigenvalue weighted by Gasteiger charge is -2.21. The molecule has 0 aliphatic heterocycles. The molecule has 0 rings (SSSR count). The molecule has 0 unspecified atom stereocenters. The maximum absolute atomic E-state index is 6.46. The Bertz CT molecular complexity index is 142. The van der Waals surface area contributed by atoms with Crippen LogP contribution in [0.3, 0.4) is 0 Å². The van der Waals surface area contributed by atoms with E-state index >= 15 is 0 Å². The minimum atomic E-state index is 0.526. The molecule has 0 amide bonds. The first-order valence-corrected chi connectivity index (χ1v) is 8.93. The summed E-state index contributed by atoms with van der Waals surface area (Å²) in [5, 5.41) is 0. The van der Waals surface area contributed by atoms with Gasteiger partial charge in [0.05, 0.1) is 0 Å². The molecule has 0 saturated carbocycles. The maximum atomic E-state index is 6.46. The van der Waals surface area contributed by atoms with Gasteiger partial charge in [0.2, 0.25) is 0 Å². The smallest absolute Gasteiger partial charge is 0.276 e. The highest BCUT2D eigenvalue weighted by Crippen LogP contribution is 2.18. The molecule has 0 N–H and O–H groups in total. The van der Waals surface area contributed by atoms with E-state index < -0.39 is 0 Å². The van der Waals surface area contributed by atoms with E-state index in [9.17, 15) is 0 Å². The van der Waals surface area contributed by atoms with E-state index in [0.29, 0.717) is 13.8 Å². The van der Waals surface area contributed by atoms with Gasteiger partial charge in [0, 0.05) is 0 Å². The van der Waals surface area contributed by atoms with Gasteiger partial charge < -0.3 is 4.57 Å². The molecule has 0 fully saturated rings. The highest BCUT2D eigenvalue weighted by molar-refractivity contribution is 6.66. The monoisotopic (exact) mass is 266 g/mol. The van der Waals surface area contributed by atoms with Crippen molar-refractivity contribution in [2.75, 3.05) is 0 Å². The molecule has 0 bridgehead atoms. The van der Waals surface area contributed by atoms with Gasteiger partial charge in [-0.1, -0.05) is 79.1 Å². The van der Waals surface area contributed by atoms with Gasteiger partial charge in [-0.25, -0.2) is 0 Å². The SMILES string of the molecule is CCCCB(CCCC)OB(CCCC)CCCC. The summed E-state index contributed by atoms with van der Waals surface area (Å²) in [5.74, 6) is 0. The van der Waals surface area contributed by atoms with E-state index in [4.69, 9.17) is 4.57 Å². The molecular weight excluding hydrogens is 230 g/mol. The van der Waals surface area contributed by atoms with Gasteiger partial charge in [-0.2, -0.15) is 0 Å². The zero-order chi connectivity index (χ0) is 14.3. The summed E-state index contributed by atoms with van der Waals surface area (Å²) in [7, 11) is 0. The van der Waals surface area contributed by atoms with Crippen molar-refractivity contribution in [1.29, 1.82) is 0 Å². The Morgan fingerprint density at radius 2 is 0.789 bits per heavy atom. The molecule has 0 heterocycles. The lowest BCUT2D eigenvalue weighted by molar-refractivity contribution is 0.549. The molecule has 0 saturated heterocycles. The van der Waals surface area contributed by atoms with Crippen LogP contribution in [0.4, 0.5) is 0 Å². The van der Waals surface area contributed by atoms with Crippen LogP contribution in [0.2, 0.25) is 25.3 Å². The first-order chi connectivity index (χ1) is 9.28. The third kappa shape index (κ3) is 11.6. The molecule has 0 aromatic rings. The van der Waals surface area contributed by atoms with Crippen LogP contribution in [0, 0.1) is 0 Å². The van der Waals surface area contributed by atoms with Crippen LogP contribution >= 0.6 is 0 Å². The fraction of sp³-hybridized carbons (Fsp3) is 1.00. The molecule has 19 heavy (non-hydrogen) atoms. The zero-order valence-corrected chi connectivity index (χ0v) is 14.0. The summed E-state index contributed by atoms with van der Waals surface area (Å²) in [6, 6.07) is 0. The van der Waals surface area contributed by atoms with Crippen molar-refractivity contribution in [3.05, 3.63) is 0 Å². The normalized spacial score (nSPS) is 10.7. The van der Waals surface area contributed by atoms with E-state index in [2.05, 4.69) is 27.7 Å². The second-order valence-electron chi connectivity index (χ2n) is 5.95. The van der Waals surface area contributed by atoms with Crippen LogP contribution in [-0.2, 0) is 4.57 Å². The highest BCUT2D eigenvalue weighted by Gasteiger charge is 2.22. The Kier molecular flexibility index (Phi) is 14.6. The van der Waals surface area contributed by atoms with Gasteiger partial charge in [0.1, 0.15) is 0 Å². The molecule has 0 atom stereocenters. The second kappa shape index (κ2) is 14.5. The molecule has 3 heteroatoms. The van der Waals surface area contributed by atoms with Crippen LogP contribution < -0.4 is 0 Å². The summed E-state index contributed by atoms with van der Waals surface area (Å²) >= 11 is 0. The van der Waals surface area contributed by atoms with Crippen molar-refractivity contribution in [1.82, 2.24) is 0 Å². The van der Waals surface area contributed by atoms with Gasteiger partial charge >= 0.3 is 0 Å². The summed E-state index contributed by atoms with van der Waals surface area (Å²) in [5.41, 5.74) is 0. The topological polar surface area (TPSA) is 9.23 Å². The number of unbranched alkanes of at least 4 members (excludes halogenated alkanes) is 4. The third-order valence-electron chi connectivity index (χ3n) is 3.90. The first kappa shape index (κ1) is 19.1. The average Bonchev–Trinajstić information content (AvgIpc) is 2.44. The first-order valence-electron chi connectivity index (χ1n) is 8.93. The van der Waals surface area contributed by atoms with Crippen LogP contribution in [0.25, 0.3) is 0 Å². The standard InChI is InChI=1S/C16H36B2O/c1-5-9-13-17(14-10-6-2)19-18(15-11-7-3)16-12-8-4/h5-16H2,1-4H3. The van der Waals surface area contributed by atoms with E-state index in [0.717, 1.165) is 0 Å². The van der Waals surface area contributed by atoms with Crippen LogP contribution in [-0.4, -0.2) is 13.8 Å². The van der Waals surface area contributed by atoms with Crippen molar-refractivity contribution in [2.24, 2.45) is 0 Å². The third-order valence-corrected chi connectivity index (χ3v) is 3.90. The fourth-order valence-electron chi connectivity index (χ4n) is 2.56. The number of hydrogen-bond acceptors (Lipinski definition) is 1. The fourth-order valence-corrected chi connectivity index (χ4v) is 2.56. The Labute approximate surface area is 123 Å². The molecule has 0 spiro atoms. The quantitative estimate of drug-likeness (QED) is 0.341. The van der Waals surface area contributed by atoms with Gasteiger partial charge in [-0.15, -0.1) is 0 Å². The van der Waals surface area contributed by atoms with E-state index in [-0.39, 0.29) is 0 Å². The summed E-state index contributed by atoms with van der Waals surface area (Å²) in [4.78, 5) is 0. The van der Waals surface area contributed by atoms with Gasteiger partial charge in [-0.3, -0.25) is 0 Å². The van der Waals surface area contributed by atoms with Crippen molar-refractivity contribution >= 4 is 13.8 Å². The van der Waals surface area contributed by atoms with Crippen molar-refractivity contribution in [3.8, 4) is 0 Å². The number of hydrogen-bond donors (Lipinski definition) is 0. The molecule has 0 aliphatic rings. The lowest BCUT2D eigenvalue weighted by Crippen LogP contribution is -2.29. The van der Waals surface area contributed by atoms with Crippen molar-refractivity contribution in [3.63, 3.8) is 0 Å². The van der Waals surface area contributed by atoms with E-state index in [1.54, 1.807) is 0 Å². The molecule has 0 aromatic heterocycles. The van der Waals surface area contributed by atoms with Crippen LogP contribution in [0.5, 0.6) is 0 Å². The summed E-state index contributed by atoms with van der Waals surface area (Å²) in [6.07, 6.45) is 15.5. The minimum absolute atomic E-state index is 0.526. The second-order valence-corrected chi connectivity index (χ2v) is 5.95. The van der Waals surface area contributed by atoms with E-state index in [1.165, 1.54) is 76.6 Å². The average molecular weight is 266 g/mol. The Morgan fingerprint density at radius 1 is 0.526 bits per heavy atom. The molecule has 0 aromatic carbocycles.